The van der Waals surface area contributed by atoms with E-state index in [1.807, 2.05) is 20.8 Å². The Morgan fingerprint density at radius 2 is 1.89 bits per heavy atom. The number of carbonyl (C=O) groups excluding carboxylic acids is 3. The maximum absolute atomic E-state index is 12.9. The van der Waals surface area contributed by atoms with E-state index in [0.717, 1.165) is 12.8 Å². The summed E-state index contributed by atoms with van der Waals surface area (Å²) in [6.07, 6.45) is 1.50. The lowest BCUT2D eigenvalue weighted by atomic mass is 9.95. The predicted octanol–water partition coefficient (Wildman–Crippen LogP) is 3.68. The maximum Gasteiger partial charge on any atom is 0.244 e. The summed E-state index contributed by atoms with van der Waals surface area (Å²) in [5.41, 5.74) is 0.339. The van der Waals surface area contributed by atoms with Crippen molar-refractivity contribution in [2.24, 2.45) is 11.8 Å². The normalized spacial score (nSPS) is 16.8. The van der Waals surface area contributed by atoms with Crippen LogP contribution in [-0.4, -0.2) is 53.7 Å². The van der Waals surface area contributed by atoms with Crippen molar-refractivity contribution in [2.75, 3.05) is 31.5 Å². The van der Waals surface area contributed by atoms with Crippen molar-refractivity contribution >= 4 is 46.6 Å². The van der Waals surface area contributed by atoms with E-state index >= 15 is 0 Å². The third-order valence-electron chi connectivity index (χ3n) is 4.83. The molecule has 1 aliphatic rings. The summed E-state index contributed by atoms with van der Waals surface area (Å²) < 4.78 is 0. The highest BCUT2D eigenvalue weighted by atomic mass is 35.5. The minimum Gasteiger partial charge on any atom is -0.342 e. The van der Waals surface area contributed by atoms with Gasteiger partial charge in [0, 0.05) is 25.6 Å². The number of piperidine rings is 1. The number of amides is 3. The minimum absolute atomic E-state index is 0.0617. The van der Waals surface area contributed by atoms with Crippen molar-refractivity contribution in [3.63, 3.8) is 0 Å². The average molecular weight is 428 g/mol. The molecule has 1 fully saturated rings. The molecule has 0 spiro atoms. The van der Waals surface area contributed by atoms with Gasteiger partial charge in [-0.1, -0.05) is 43.1 Å². The highest BCUT2D eigenvalue weighted by Gasteiger charge is 2.32. The fourth-order valence-electron chi connectivity index (χ4n) is 3.32. The summed E-state index contributed by atoms with van der Waals surface area (Å²) >= 11 is 12.2. The number of carbonyl (C=O) groups is 3. The second-order valence-corrected chi connectivity index (χ2v) is 8.09. The number of halogens is 2. The van der Waals surface area contributed by atoms with Crippen LogP contribution in [0.25, 0.3) is 0 Å². The lowest BCUT2D eigenvalue weighted by Crippen LogP contribution is -2.49. The van der Waals surface area contributed by atoms with Crippen LogP contribution >= 0.6 is 23.2 Å². The monoisotopic (exact) mass is 427 g/mol. The molecule has 1 aromatic rings. The van der Waals surface area contributed by atoms with Crippen LogP contribution in [0.5, 0.6) is 0 Å². The van der Waals surface area contributed by atoms with Crippen molar-refractivity contribution in [1.82, 2.24) is 9.80 Å². The van der Waals surface area contributed by atoms with E-state index in [9.17, 15) is 14.4 Å². The summed E-state index contributed by atoms with van der Waals surface area (Å²) in [7, 11) is 0. The van der Waals surface area contributed by atoms with E-state index in [0.29, 0.717) is 35.4 Å². The van der Waals surface area contributed by atoms with Crippen LogP contribution in [0.15, 0.2) is 18.2 Å². The molecule has 0 saturated carbocycles. The van der Waals surface area contributed by atoms with E-state index in [4.69, 9.17) is 23.2 Å². The standard InChI is InChI=1S/C20H27Cl2N3O3/c1-4-24(12-17(26)23-18-15(21)8-5-9-16(18)22)20(28)14-7-6-10-25(11-14)19(27)13(2)3/h5,8-9,13-14H,4,6-7,10-12H2,1-3H3,(H,23,26). The van der Waals surface area contributed by atoms with Crippen molar-refractivity contribution in [1.29, 1.82) is 0 Å². The largest absolute Gasteiger partial charge is 0.342 e. The zero-order valence-corrected chi connectivity index (χ0v) is 18.0. The molecule has 1 N–H and O–H groups in total. The van der Waals surface area contributed by atoms with E-state index in [1.54, 1.807) is 23.1 Å². The molecule has 6 nitrogen and oxygen atoms in total. The number of likely N-dealkylation sites (tertiary alicyclic amines) is 1. The molecule has 0 aromatic heterocycles. The van der Waals surface area contributed by atoms with Crippen molar-refractivity contribution in [2.45, 2.75) is 33.6 Å². The van der Waals surface area contributed by atoms with Gasteiger partial charge in [-0.25, -0.2) is 0 Å². The van der Waals surface area contributed by atoms with Gasteiger partial charge in [0.25, 0.3) is 0 Å². The highest BCUT2D eigenvalue weighted by Crippen LogP contribution is 2.29. The molecule has 1 unspecified atom stereocenters. The highest BCUT2D eigenvalue weighted by molar-refractivity contribution is 6.39. The summed E-state index contributed by atoms with van der Waals surface area (Å²) in [4.78, 5) is 40.9. The lowest BCUT2D eigenvalue weighted by molar-refractivity contribution is -0.143. The summed E-state index contributed by atoms with van der Waals surface area (Å²) in [5, 5.41) is 3.36. The van der Waals surface area contributed by atoms with E-state index in [2.05, 4.69) is 5.32 Å². The number of likely N-dealkylation sites (N-methyl/N-ethyl adjacent to an activating group) is 1. The van der Waals surface area contributed by atoms with Crippen LogP contribution in [0, 0.1) is 11.8 Å². The second-order valence-electron chi connectivity index (χ2n) is 7.28. The number of rotatable bonds is 6. The Bertz CT molecular complexity index is 719. The van der Waals surface area contributed by atoms with Crippen molar-refractivity contribution in [3.8, 4) is 0 Å². The van der Waals surface area contributed by atoms with Crippen LogP contribution in [0.3, 0.4) is 0 Å². The molecule has 0 radical (unpaired) electrons. The quantitative estimate of drug-likeness (QED) is 0.752. The lowest BCUT2D eigenvalue weighted by Gasteiger charge is -2.35. The molecule has 8 heteroatoms. The molecule has 1 aliphatic heterocycles. The Labute approximate surface area is 176 Å². The molecule has 0 aliphatic carbocycles. The van der Waals surface area contributed by atoms with Crippen LogP contribution in [0.2, 0.25) is 10.0 Å². The van der Waals surface area contributed by atoms with Gasteiger partial charge in [0.05, 0.1) is 28.2 Å². The Balaban J connectivity index is 2.01. The number of benzene rings is 1. The van der Waals surface area contributed by atoms with E-state index in [-0.39, 0.29) is 36.1 Å². The topological polar surface area (TPSA) is 69.7 Å². The first kappa shape index (κ1) is 22.5. The third kappa shape index (κ3) is 5.61. The number of anilines is 1. The fraction of sp³-hybridized carbons (Fsp3) is 0.550. The molecule has 28 heavy (non-hydrogen) atoms. The first-order chi connectivity index (χ1) is 13.2. The van der Waals surface area contributed by atoms with Gasteiger partial charge in [0.2, 0.25) is 17.7 Å². The molecule has 3 amide bonds. The van der Waals surface area contributed by atoms with E-state index in [1.165, 1.54) is 4.90 Å². The molecule has 0 bridgehead atoms. The maximum atomic E-state index is 12.9. The summed E-state index contributed by atoms with van der Waals surface area (Å²) in [6.45, 7) is 6.94. The third-order valence-corrected chi connectivity index (χ3v) is 5.46. The molecule has 1 heterocycles. The number of hydrogen-bond acceptors (Lipinski definition) is 3. The number of nitrogens with zero attached hydrogens (tertiary/aromatic N) is 2. The van der Waals surface area contributed by atoms with Crippen LogP contribution in [0.4, 0.5) is 5.69 Å². The second kappa shape index (κ2) is 10.1. The number of hydrogen-bond donors (Lipinski definition) is 1. The van der Waals surface area contributed by atoms with Crippen molar-refractivity contribution in [3.05, 3.63) is 28.2 Å². The van der Waals surface area contributed by atoms with Crippen LogP contribution in [0.1, 0.15) is 33.6 Å². The molecule has 2 rings (SSSR count). The molecular formula is C20H27Cl2N3O3. The average Bonchev–Trinajstić information content (AvgIpc) is 2.68. The van der Waals surface area contributed by atoms with Gasteiger partial charge >= 0.3 is 0 Å². The first-order valence-electron chi connectivity index (χ1n) is 9.56. The van der Waals surface area contributed by atoms with Crippen molar-refractivity contribution < 1.29 is 14.4 Å². The van der Waals surface area contributed by atoms with Gasteiger partial charge in [-0.3, -0.25) is 14.4 Å². The summed E-state index contributed by atoms with van der Waals surface area (Å²) in [6, 6.07) is 4.96. The Hall–Kier alpha value is -1.79. The van der Waals surface area contributed by atoms with Gasteiger partial charge in [-0.2, -0.15) is 0 Å². The predicted molar refractivity (Wildman–Crippen MR) is 111 cm³/mol. The summed E-state index contributed by atoms with van der Waals surface area (Å²) in [5.74, 6) is -0.790. The Morgan fingerprint density at radius 3 is 2.46 bits per heavy atom. The van der Waals surface area contributed by atoms with E-state index < -0.39 is 0 Å². The first-order valence-corrected chi connectivity index (χ1v) is 10.3. The van der Waals surface area contributed by atoms with Gasteiger partial charge < -0.3 is 15.1 Å². The number of nitrogens with one attached hydrogen (secondary N) is 1. The SMILES string of the molecule is CCN(CC(=O)Nc1c(Cl)cccc1Cl)C(=O)C1CCCN(C(=O)C(C)C)C1. The van der Waals surface area contributed by atoms with Gasteiger partial charge in [0.1, 0.15) is 0 Å². The molecule has 1 saturated heterocycles. The van der Waals surface area contributed by atoms with Crippen LogP contribution in [-0.2, 0) is 14.4 Å². The molecule has 154 valence electrons. The Morgan fingerprint density at radius 1 is 1.25 bits per heavy atom. The smallest absolute Gasteiger partial charge is 0.244 e. The Kier molecular flexibility index (Phi) is 8.13. The fourth-order valence-corrected chi connectivity index (χ4v) is 3.81. The van der Waals surface area contributed by atoms with Crippen LogP contribution < -0.4 is 5.32 Å². The molecular weight excluding hydrogens is 401 g/mol. The molecule has 1 atom stereocenters. The van der Waals surface area contributed by atoms with Gasteiger partial charge in [-0.05, 0) is 31.9 Å². The zero-order chi connectivity index (χ0) is 20.8. The minimum atomic E-state index is -0.365. The number of para-hydroxylation sites is 1. The van der Waals surface area contributed by atoms with Gasteiger partial charge in [-0.15, -0.1) is 0 Å². The van der Waals surface area contributed by atoms with Gasteiger partial charge in [0.15, 0.2) is 0 Å². The zero-order valence-electron chi connectivity index (χ0n) is 16.5. The molecule has 1 aromatic carbocycles.